The molecule has 0 radical (unpaired) electrons. The third-order valence-electron chi connectivity index (χ3n) is 7.21. The predicted molar refractivity (Wildman–Crippen MR) is 149 cm³/mol. The van der Waals surface area contributed by atoms with E-state index in [-0.39, 0.29) is 11.5 Å². The number of nitrogens with one attached hydrogen (secondary N) is 2. The minimum atomic E-state index is -0.204. The van der Waals surface area contributed by atoms with Crippen LogP contribution in [0.1, 0.15) is 43.4 Å². The van der Waals surface area contributed by atoms with Crippen LogP contribution in [-0.2, 0) is 13.0 Å². The molecule has 1 aliphatic rings. The summed E-state index contributed by atoms with van der Waals surface area (Å²) in [7, 11) is 2.10. The first kappa shape index (κ1) is 25.9. The van der Waals surface area contributed by atoms with Crippen LogP contribution in [0.2, 0.25) is 0 Å². The number of hydrogen-bond acceptors (Lipinski definition) is 3. The largest absolute Gasteiger partial charge is 0.326 e. The molecule has 2 aromatic carbocycles. The Morgan fingerprint density at radius 2 is 2.03 bits per heavy atom. The minimum absolute atomic E-state index is 0.0955. The lowest BCUT2D eigenvalue weighted by molar-refractivity contribution is 0.348. The normalized spacial score (nSPS) is 15.1. The Hall–Kier alpha value is -3.22. The first-order valence-electron chi connectivity index (χ1n) is 12.8. The molecule has 36 heavy (non-hydrogen) atoms. The molecule has 0 fully saturated rings. The van der Waals surface area contributed by atoms with Gasteiger partial charge in [0.15, 0.2) is 0 Å². The molecular formula is C30H37FN4O. The van der Waals surface area contributed by atoms with Crippen LogP contribution in [0.3, 0.4) is 0 Å². The number of halogens is 1. The van der Waals surface area contributed by atoms with Crippen LogP contribution in [0, 0.1) is 5.82 Å². The summed E-state index contributed by atoms with van der Waals surface area (Å²) in [6.45, 7) is 12.5. The summed E-state index contributed by atoms with van der Waals surface area (Å²) in [5, 5.41) is 3.42. The van der Waals surface area contributed by atoms with Crippen molar-refractivity contribution in [2.75, 3.05) is 33.2 Å². The maximum Gasteiger partial charge on any atom is 0.326 e. The molecule has 0 atom stereocenters. The van der Waals surface area contributed by atoms with E-state index in [0.29, 0.717) is 6.54 Å². The zero-order valence-corrected chi connectivity index (χ0v) is 21.7. The van der Waals surface area contributed by atoms with Crippen molar-refractivity contribution >= 4 is 22.7 Å². The number of allylic oxidation sites excluding steroid dienone is 4. The number of benzene rings is 2. The summed E-state index contributed by atoms with van der Waals surface area (Å²) in [4.78, 5) is 17.9. The Morgan fingerprint density at radius 3 is 2.81 bits per heavy atom. The van der Waals surface area contributed by atoms with Gasteiger partial charge in [-0.25, -0.2) is 9.18 Å². The van der Waals surface area contributed by atoms with Gasteiger partial charge in [-0.3, -0.25) is 4.57 Å². The average Bonchev–Trinajstić information content (AvgIpc) is 3.12. The van der Waals surface area contributed by atoms with E-state index in [2.05, 4.69) is 54.8 Å². The third kappa shape index (κ3) is 5.77. The second-order valence-corrected chi connectivity index (χ2v) is 9.59. The van der Waals surface area contributed by atoms with Crippen molar-refractivity contribution < 1.29 is 4.39 Å². The lowest BCUT2D eigenvalue weighted by Gasteiger charge is -2.14. The van der Waals surface area contributed by atoms with Gasteiger partial charge in [0, 0.05) is 26.2 Å². The Bertz CT molecular complexity index is 1360. The highest BCUT2D eigenvalue weighted by atomic mass is 19.1. The van der Waals surface area contributed by atoms with E-state index in [1.807, 2.05) is 24.3 Å². The van der Waals surface area contributed by atoms with E-state index in [4.69, 9.17) is 0 Å². The van der Waals surface area contributed by atoms with Gasteiger partial charge in [-0.15, -0.1) is 6.58 Å². The fourth-order valence-electron chi connectivity index (χ4n) is 4.92. The maximum absolute atomic E-state index is 14.0. The number of nitrogens with zero attached hydrogens (tertiary/aromatic N) is 2. The molecule has 0 bridgehead atoms. The second kappa shape index (κ2) is 11.7. The Kier molecular flexibility index (Phi) is 8.39. The zero-order chi connectivity index (χ0) is 25.7. The molecule has 0 spiro atoms. The molecule has 0 saturated carbocycles. The van der Waals surface area contributed by atoms with Gasteiger partial charge in [0.05, 0.1) is 11.0 Å². The molecule has 1 aliphatic carbocycles. The number of fused-ring (bicyclic) bond motifs is 2. The SMILES string of the molecule is C=CCC1=C(C)/C(=C\c2ccc3c(c2)[nH]c(=O)n3CCNCCN(C)CC)c2ccc(F)cc2CC1. The third-order valence-corrected chi connectivity index (χ3v) is 7.21. The molecule has 1 aromatic heterocycles. The van der Waals surface area contributed by atoms with Gasteiger partial charge in [-0.05, 0) is 98.0 Å². The monoisotopic (exact) mass is 488 g/mol. The smallest absolute Gasteiger partial charge is 0.314 e. The number of aromatic amines is 1. The molecule has 0 saturated heterocycles. The molecule has 6 heteroatoms. The van der Waals surface area contributed by atoms with Crippen molar-refractivity contribution in [3.05, 3.63) is 93.2 Å². The summed E-state index contributed by atoms with van der Waals surface area (Å²) in [5.74, 6) is -0.204. The highest BCUT2D eigenvalue weighted by molar-refractivity contribution is 5.94. The quantitative estimate of drug-likeness (QED) is 0.297. The van der Waals surface area contributed by atoms with E-state index >= 15 is 0 Å². The summed E-state index contributed by atoms with van der Waals surface area (Å²) in [6, 6.07) is 11.2. The molecule has 3 aromatic rings. The Morgan fingerprint density at radius 1 is 1.19 bits per heavy atom. The Balaban J connectivity index is 1.63. The number of imidazole rings is 1. The van der Waals surface area contributed by atoms with Crippen molar-refractivity contribution in [2.24, 2.45) is 0 Å². The van der Waals surface area contributed by atoms with Crippen LogP contribution in [0.25, 0.3) is 22.7 Å². The molecule has 4 rings (SSSR count). The van der Waals surface area contributed by atoms with Gasteiger partial charge in [-0.1, -0.05) is 30.7 Å². The Labute approximate surface area is 213 Å². The molecular weight excluding hydrogens is 451 g/mol. The first-order valence-corrected chi connectivity index (χ1v) is 12.8. The summed E-state index contributed by atoms with van der Waals surface area (Å²) in [6.07, 6.45) is 6.61. The van der Waals surface area contributed by atoms with Gasteiger partial charge in [0.2, 0.25) is 0 Å². The van der Waals surface area contributed by atoms with Gasteiger partial charge >= 0.3 is 5.69 Å². The number of likely N-dealkylation sites (N-methyl/N-ethyl adjacent to an activating group) is 1. The highest BCUT2D eigenvalue weighted by Crippen LogP contribution is 2.37. The molecule has 0 unspecified atom stereocenters. The van der Waals surface area contributed by atoms with Crippen LogP contribution in [0.5, 0.6) is 0 Å². The maximum atomic E-state index is 14.0. The van der Waals surface area contributed by atoms with Crippen LogP contribution >= 0.6 is 0 Å². The topological polar surface area (TPSA) is 53.1 Å². The number of hydrogen-bond donors (Lipinski definition) is 2. The van der Waals surface area contributed by atoms with Gasteiger partial charge in [0.1, 0.15) is 5.82 Å². The number of aryl methyl sites for hydroxylation is 1. The fraction of sp³-hybridized carbons (Fsp3) is 0.367. The molecule has 1 heterocycles. The van der Waals surface area contributed by atoms with Crippen molar-refractivity contribution in [3.63, 3.8) is 0 Å². The lowest BCUT2D eigenvalue weighted by atomic mass is 9.92. The van der Waals surface area contributed by atoms with Crippen molar-refractivity contribution in [2.45, 2.75) is 39.7 Å². The first-order chi connectivity index (χ1) is 17.4. The van der Waals surface area contributed by atoms with E-state index in [9.17, 15) is 9.18 Å². The second-order valence-electron chi connectivity index (χ2n) is 9.59. The molecule has 0 amide bonds. The summed E-state index contributed by atoms with van der Waals surface area (Å²) >= 11 is 0. The predicted octanol–water partition coefficient (Wildman–Crippen LogP) is 5.39. The van der Waals surface area contributed by atoms with Crippen molar-refractivity contribution in [1.82, 2.24) is 19.8 Å². The molecule has 5 nitrogen and oxygen atoms in total. The van der Waals surface area contributed by atoms with Crippen LogP contribution in [0.15, 0.2) is 65.0 Å². The van der Waals surface area contributed by atoms with Gasteiger partial charge in [0.25, 0.3) is 0 Å². The molecule has 2 N–H and O–H groups in total. The lowest BCUT2D eigenvalue weighted by Crippen LogP contribution is -2.32. The summed E-state index contributed by atoms with van der Waals surface area (Å²) < 4.78 is 15.8. The summed E-state index contributed by atoms with van der Waals surface area (Å²) in [5.41, 5.74) is 8.36. The standard InChI is InChI=1S/C30H37FN4O/c1-5-7-23-9-10-24-20-25(31)11-12-26(24)27(21(23)3)18-22-8-13-29-28(19-22)33-30(36)35(29)17-15-32-14-16-34(4)6-2/h5,8,11-13,18-20,32H,1,6-7,9-10,14-17H2,2-4H3,(H,33,36)/b27-18+. The highest BCUT2D eigenvalue weighted by Gasteiger charge is 2.18. The van der Waals surface area contributed by atoms with Crippen LogP contribution in [-0.4, -0.2) is 47.7 Å². The zero-order valence-electron chi connectivity index (χ0n) is 21.7. The van der Waals surface area contributed by atoms with Crippen LogP contribution < -0.4 is 11.0 Å². The molecule has 190 valence electrons. The number of aromatic nitrogens is 2. The van der Waals surface area contributed by atoms with Crippen molar-refractivity contribution in [3.8, 4) is 0 Å². The van der Waals surface area contributed by atoms with Gasteiger partial charge < -0.3 is 15.2 Å². The average molecular weight is 489 g/mol. The van der Waals surface area contributed by atoms with Gasteiger partial charge in [-0.2, -0.15) is 0 Å². The minimum Gasteiger partial charge on any atom is -0.314 e. The van der Waals surface area contributed by atoms with E-state index < -0.39 is 0 Å². The number of rotatable bonds is 10. The van der Waals surface area contributed by atoms with Crippen LogP contribution in [0.4, 0.5) is 4.39 Å². The van der Waals surface area contributed by atoms with E-state index in [1.165, 1.54) is 17.2 Å². The van der Waals surface area contributed by atoms with E-state index in [0.717, 1.165) is 78.7 Å². The van der Waals surface area contributed by atoms with Crippen molar-refractivity contribution in [1.29, 1.82) is 0 Å². The fourth-order valence-corrected chi connectivity index (χ4v) is 4.92. The van der Waals surface area contributed by atoms with E-state index in [1.54, 1.807) is 10.6 Å². The number of H-pyrrole nitrogens is 1. The molecule has 0 aliphatic heterocycles.